The third kappa shape index (κ3) is 5.50. The molecule has 192 valence electrons. The van der Waals surface area contributed by atoms with Crippen LogP contribution in [0.3, 0.4) is 0 Å². The van der Waals surface area contributed by atoms with Gasteiger partial charge in [-0.25, -0.2) is 0 Å². The molecule has 0 aliphatic carbocycles. The number of benzene rings is 3. The Bertz CT molecular complexity index is 1170. The van der Waals surface area contributed by atoms with Gasteiger partial charge < -0.3 is 23.7 Å². The maximum atomic E-state index is 6.50. The first kappa shape index (κ1) is 26.0. The van der Waals surface area contributed by atoms with E-state index < -0.39 is 0 Å². The van der Waals surface area contributed by atoms with Crippen LogP contribution >= 0.6 is 11.6 Å². The molecule has 1 heterocycles. The molecule has 1 aliphatic rings. The van der Waals surface area contributed by atoms with Gasteiger partial charge in [0.1, 0.15) is 17.2 Å². The molecule has 0 fully saturated rings. The number of ether oxygens (including phenoxy) is 5. The number of nitrogens with zero attached hydrogens (tertiary/aromatic N) is 1. The van der Waals surface area contributed by atoms with Crippen LogP contribution in [0.2, 0.25) is 5.02 Å². The monoisotopic (exact) mass is 511 g/mol. The molecule has 1 aliphatic heterocycles. The van der Waals surface area contributed by atoms with Gasteiger partial charge in [-0.1, -0.05) is 24.6 Å². The first-order valence-corrected chi connectivity index (χ1v) is 12.5. The molecule has 3 aromatic rings. The highest BCUT2D eigenvalue weighted by atomic mass is 35.5. The number of halogens is 1. The Kier molecular flexibility index (Phi) is 8.49. The van der Waals surface area contributed by atoms with E-state index in [1.807, 2.05) is 36.4 Å². The van der Waals surface area contributed by atoms with E-state index >= 15 is 0 Å². The van der Waals surface area contributed by atoms with Crippen LogP contribution in [-0.2, 0) is 12.8 Å². The number of methoxy groups -OCH3 is 4. The molecule has 0 bridgehead atoms. The molecular weight excluding hydrogens is 478 g/mol. The zero-order valence-electron chi connectivity index (χ0n) is 21.5. The van der Waals surface area contributed by atoms with E-state index in [4.69, 9.17) is 35.3 Å². The molecule has 2 unspecified atom stereocenters. The molecule has 7 heteroatoms. The molecule has 0 N–H and O–H groups in total. The van der Waals surface area contributed by atoms with Crippen molar-refractivity contribution in [3.8, 4) is 28.7 Å². The Morgan fingerprint density at radius 3 is 2.14 bits per heavy atom. The van der Waals surface area contributed by atoms with E-state index in [1.54, 1.807) is 28.4 Å². The van der Waals surface area contributed by atoms with Gasteiger partial charge >= 0.3 is 0 Å². The summed E-state index contributed by atoms with van der Waals surface area (Å²) in [7, 11) is 6.70. The van der Waals surface area contributed by atoms with Crippen molar-refractivity contribution >= 4 is 11.6 Å². The Labute approximate surface area is 218 Å². The molecule has 36 heavy (non-hydrogen) atoms. The molecular formula is C29H34ClNO5. The lowest BCUT2D eigenvalue weighted by Gasteiger charge is -2.42. The summed E-state index contributed by atoms with van der Waals surface area (Å²) >= 11 is 6.10. The lowest BCUT2D eigenvalue weighted by molar-refractivity contribution is -0.0144. The van der Waals surface area contributed by atoms with Crippen molar-refractivity contribution in [2.45, 2.75) is 38.5 Å². The van der Waals surface area contributed by atoms with E-state index in [-0.39, 0.29) is 12.3 Å². The fourth-order valence-electron chi connectivity index (χ4n) is 4.90. The normalized spacial score (nSPS) is 16.1. The minimum absolute atomic E-state index is 0.0353. The van der Waals surface area contributed by atoms with Crippen molar-refractivity contribution in [2.75, 3.05) is 35.0 Å². The zero-order chi connectivity index (χ0) is 25.7. The Morgan fingerprint density at radius 1 is 0.833 bits per heavy atom. The van der Waals surface area contributed by atoms with Crippen molar-refractivity contribution in [1.82, 2.24) is 4.90 Å². The van der Waals surface area contributed by atoms with Gasteiger partial charge in [-0.3, -0.25) is 4.90 Å². The molecule has 0 radical (unpaired) electrons. The van der Waals surface area contributed by atoms with Gasteiger partial charge in [0.2, 0.25) is 0 Å². The van der Waals surface area contributed by atoms with Crippen LogP contribution in [0.1, 0.15) is 36.1 Å². The van der Waals surface area contributed by atoms with Crippen molar-refractivity contribution < 1.29 is 23.7 Å². The predicted octanol–water partition coefficient (Wildman–Crippen LogP) is 6.33. The molecule has 3 aromatic carbocycles. The SMILES string of the molecule is CCC(Oc1ccc(Cl)cc1)N1CCc2cc(OC)c(OC)cc2C1Cc1ccc(OC)cc1OC. The fraction of sp³-hybridized carbons (Fsp3) is 0.379. The summed E-state index contributed by atoms with van der Waals surface area (Å²) in [5.74, 6) is 3.82. The smallest absolute Gasteiger partial charge is 0.161 e. The average molecular weight is 512 g/mol. The van der Waals surface area contributed by atoms with E-state index in [9.17, 15) is 0 Å². The number of rotatable bonds is 10. The van der Waals surface area contributed by atoms with Gasteiger partial charge in [-0.15, -0.1) is 0 Å². The molecule has 4 rings (SSSR count). The van der Waals surface area contributed by atoms with Crippen LogP contribution in [0, 0.1) is 0 Å². The van der Waals surface area contributed by atoms with Gasteiger partial charge in [-0.2, -0.15) is 0 Å². The molecule has 0 spiro atoms. The predicted molar refractivity (Wildman–Crippen MR) is 142 cm³/mol. The van der Waals surface area contributed by atoms with E-state index in [0.29, 0.717) is 5.02 Å². The van der Waals surface area contributed by atoms with Crippen LogP contribution in [0.4, 0.5) is 0 Å². The number of hydrogen-bond donors (Lipinski definition) is 0. The van der Waals surface area contributed by atoms with Gasteiger partial charge in [0, 0.05) is 23.7 Å². The summed E-state index contributed by atoms with van der Waals surface area (Å²) < 4.78 is 28.9. The third-order valence-electron chi connectivity index (χ3n) is 6.76. The van der Waals surface area contributed by atoms with Crippen molar-refractivity contribution in [2.24, 2.45) is 0 Å². The van der Waals surface area contributed by atoms with Crippen LogP contribution < -0.4 is 23.7 Å². The topological polar surface area (TPSA) is 49.4 Å². The molecule has 0 aromatic heterocycles. The zero-order valence-corrected chi connectivity index (χ0v) is 22.3. The molecule has 0 saturated heterocycles. The highest BCUT2D eigenvalue weighted by Crippen LogP contribution is 2.42. The van der Waals surface area contributed by atoms with Gasteiger partial charge in [-0.05, 0) is 78.4 Å². The molecule has 0 amide bonds. The molecule has 2 atom stereocenters. The minimum Gasteiger partial charge on any atom is -0.497 e. The van der Waals surface area contributed by atoms with Crippen molar-refractivity contribution in [1.29, 1.82) is 0 Å². The van der Waals surface area contributed by atoms with Crippen molar-refractivity contribution in [3.63, 3.8) is 0 Å². The lowest BCUT2D eigenvalue weighted by atomic mass is 9.87. The average Bonchev–Trinajstić information content (AvgIpc) is 2.92. The molecule has 0 saturated carbocycles. The second kappa shape index (κ2) is 11.8. The lowest BCUT2D eigenvalue weighted by Crippen LogP contribution is -2.46. The van der Waals surface area contributed by atoms with Gasteiger partial charge in [0.05, 0.1) is 28.4 Å². The largest absolute Gasteiger partial charge is 0.497 e. The number of hydrogen-bond acceptors (Lipinski definition) is 6. The second-order valence-corrected chi connectivity index (χ2v) is 9.16. The summed E-state index contributed by atoms with van der Waals surface area (Å²) in [6, 6.07) is 17.8. The van der Waals surface area contributed by atoms with Crippen LogP contribution in [0.25, 0.3) is 0 Å². The Hall–Kier alpha value is -3.09. The molecule has 6 nitrogen and oxygen atoms in total. The summed E-state index contributed by atoms with van der Waals surface area (Å²) in [4.78, 5) is 2.44. The first-order valence-electron chi connectivity index (χ1n) is 12.1. The summed E-state index contributed by atoms with van der Waals surface area (Å²) in [5.41, 5.74) is 3.55. The van der Waals surface area contributed by atoms with Crippen LogP contribution in [0.15, 0.2) is 54.6 Å². The highest BCUT2D eigenvalue weighted by molar-refractivity contribution is 6.30. The Balaban J connectivity index is 1.75. The van der Waals surface area contributed by atoms with E-state index in [0.717, 1.165) is 60.1 Å². The minimum atomic E-state index is -0.123. The van der Waals surface area contributed by atoms with E-state index in [2.05, 4.69) is 30.0 Å². The quantitative estimate of drug-likeness (QED) is 0.317. The van der Waals surface area contributed by atoms with Gasteiger partial charge in [0.25, 0.3) is 0 Å². The summed E-state index contributed by atoms with van der Waals surface area (Å²) in [5, 5.41) is 0.688. The highest BCUT2D eigenvalue weighted by Gasteiger charge is 2.34. The first-order chi connectivity index (χ1) is 17.5. The Morgan fingerprint density at radius 2 is 1.50 bits per heavy atom. The number of fused-ring (bicyclic) bond motifs is 1. The third-order valence-corrected chi connectivity index (χ3v) is 7.01. The van der Waals surface area contributed by atoms with Crippen LogP contribution in [0.5, 0.6) is 28.7 Å². The van der Waals surface area contributed by atoms with Crippen molar-refractivity contribution in [3.05, 3.63) is 76.3 Å². The van der Waals surface area contributed by atoms with E-state index in [1.165, 1.54) is 11.1 Å². The fourth-order valence-corrected chi connectivity index (χ4v) is 5.03. The standard InChI is InChI=1S/C29H34ClNO5/c1-6-29(36-22-11-8-21(30)9-12-22)31-14-13-19-16-27(34-4)28(35-5)18-24(19)25(31)15-20-7-10-23(32-2)17-26(20)33-3/h7-12,16-18,25,29H,6,13-15H2,1-5H3. The summed E-state index contributed by atoms with van der Waals surface area (Å²) in [6.45, 7) is 2.99. The summed E-state index contributed by atoms with van der Waals surface area (Å²) in [6.07, 6.45) is 2.31. The van der Waals surface area contributed by atoms with Gasteiger partial charge in [0.15, 0.2) is 17.7 Å². The maximum absolute atomic E-state index is 6.50. The second-order valence-electron chi connectivity index (χ2n) is 8.73. The van der Waals surface area contributed by atoms with Crippen LogP contribution in [-0.4, -0.2) is 46.1 Å². The maximum Gasteiger partial charge on any atom is 0.161 e.